The lowest BCUT2D eigenvalue weighted by Gasteiger charge is -2.15. The van der Waals surface area contributed by atoms with Gasteiger partial charge in [0.05, 0.1) is 18.6 Å². The average molecular weight is 236 g/mol. The molecule has 4 nitrogen and oxygen atoms in total. The van der Waals surface area contributed by atoms with Crippen LogP contribution in [0, 0.1) is 17.2 Å². The highest BCUT2D eigenvalue weighted by molar-refractivity contribution is 8.04. The number of carbonyl (C=O) groups excluding carboxylic acids is 1. The molecular formula is C11H12N2O2S. The molecule has 1 aliphatic carbocycles. The van der Waals surface area contributed by atoms with Gasteiger partial charge >= 0.3 is 5.97 Å². The molecule has 0 spiro atoms. The predicted molar refractivity (Wildman–Crippen MR) is 61.3 cm³/mol. The third-order valence-corrected chi connectivity index (χ3v) is 3.99. The van der Waals surface area contributed by atoms with Crippen molar-refractivity contribution in [1.29, 1.82) is 5.26 Å². The Hall–Kier alpha value is -1.25. The van der Waals surface area contributed by atoms with Crippen LogP contribution in [0.15, 0.2) is 23.1 Å². The second kappa shape index (κ2) is 4.73. The van der Waals surface area contributed by atoms with Gasteiger partial charge in [0.25, 0.3) is 0 Å². The Balaban J connectivity index is 2.08. The number of nitrogens with zero attached hydrogens (tertiary/aromatic N) is 1. The molecule has 16 heavy (non-hydrogen) atoms. The molecule has 0 aromatic carbocycles. The van der Waals surface area contributed by atoms with E-state index in [4.69, 9.17) is 5.26 Å². The first-order chi connectivity index (χ1) is 7.76. The first-order valence-electron chi connectivity index (χ1n) is 5.03. The fraction of sp³-hybridized carbons (Fsp3) is 0.455. The van der Waals surface area contributed by atoms with E-state index < -0.39 is 11.9 Å². The van der Waals surface area contributed by atoms with Crippen LogP contribution < -0.4 is 5.32 Å². The lowest BCUT2D eigenvalue weighted by Crippen LogP contribution is -2.37. The second-order valence-electron chi connectivity index (χ2n) is 3.62. The zero-order valence-electron chi connectivity index (χ0n) is 8.84. The average Bonchev–Trinajstić information content (AvgIpc) is 2.72. The van der Waals surface area contributed by atoms with Gasteiger partial charge in [0, 0.05) is 10.9 Å². The number of hydrogen-bond donors (Lipinski definition) is 1. The normalized spacial score (nSPS) is 28.9. The maximum absolute atomic E-state index is 11.4. The summed E-state index contributed by atoms with van der Waals surface area (Å²) in [6.45, 7) is 0. The Labute approximate surface area is 98.3 Å². The van der Waals surface area contributed by atoms with E-state index in [1.165, 1.54) is 12.0 Å². The number of esters is 1. The number of methoxy groups -OCH3 is 1. The van der Waals surface area contributed by atoms with Gasteiger partial charge in [0.15, 0.2) is 5.92 Å². The van der Waals surface area contributed by atoms with Crippen molar-refractivity contribution >= 4 is 17.7 Å². The first-order valence-corrected chi connectivity index (χ1v) is 5.91. The third kappa shape index (κ3) is 1.99. The molecule has 0 aromatic heterocycles. The lowest BCUT2D eigenvalue weighted by molar-refractivity contribution is -0.143. The Kier molecular flexibility index (Phi) is 3.32. The highest BCUT2D eigenvalue weighted by Gasteiger charge is 2.38. The first kappa shape index (κ1) is 11.2. The molecule has 1 aliphatic heterocycles. The van der Waals surface area contributed by atoms with Gasteiger partial charge in [-0.1, -0.05) is 18.2 Å². The summed E-state index contributed by atoms with van der Waals surface area (Å²) >= 11 is 1.55. The minimum atomic E-state index is -0.749. The Bertz CT molecular complexity index is 397. The molecule has 3 unspecified atom stereocenters. The van der Waals surface area contributed by atoms with Crippen LogP contribution >= 0.6 is 11.8 Å². The maximum atomic E-state index is 11.4. The van der Waals surface area contributed by atoms with Crippen LogP contribution in [0.2, 0.25) is 0 Å². The number of rotatable bonds is 2. The smallest absolute Gasteiger partial charge is 0.325 e. The van der Waals surface area contributed by atoms with E-state index in [9.17, 15) is 4.79 Å². The zero-order chi connectivity index (χ0) is 11.5. The van der Waals surface area contributed by atoms with Crippen LogP contribution in [0.3, 0.4) is 0 Å². The summed E-state index contributed by atoms with van der Waals surface area (Å²) in [4.78, 5) is 12.6. The molecule has 0 bridgehead atoms. The molecular weight excluding hydrogens is 224 g/mol. The molecule has 0 saturated carbocycles. The van der Waals surface area contributed by atoms with Gasteiger partial charge in [-0.25, -0.2) is 0 Å². The van der Waals surface area contributed by atoms with Gasteiger partial charge < -0.3 is 4.74 Å². The SMILES string of the molecule is COC(=O)C(C#N)C1NC2CC=CC=C2S1. The van der Waals surface area contributed by atoms with E-state index in [2.05, 4.69) is 16.1 Å². The topological polar surface area (TPSA) is 62.1 Å². The van der Waals surface area contributed by atoms with Crippen molar-refractivity contribution < 1.29 is 9.53 Å². The van der Waals surface area contributed by atoms with E-state index in [0.29, 0.717) is 0 Å². The van der Waals surface area contributed by atoms with Crippen LogP contribution in [0.25, 0.3) is 0 Å². The fourth-order valence-corrected chi connectivity index (χ4v) is 3.11. The zero-order valence-corrected chi connectivity index (χ0v) is 9.66. The number of allylic oxidation sites excluding steroid dienone is 2. The van der Waals surface area contributed by atoms with E-state index in [1.807, 2.05) is 18.2 Å². The van der Waals surface area contributed by atoms with Crippen LogP contribution in [-0.2, 0) is 9.53 Å². The second-order valence-corrected chi connectivity index (χ2v) is 4.84. The standard InChI is InChI=1S/C11H12N2O2S/c1-15-11(14)7(6-12)10-13-8-4-2-3-5-9(8)16-10/h2-3,5,7-8,10,13H,4H2,1H3. The quantitative estimate of drug-likeness (QED) is 0.729. The van der Waals surface area contributed by atoms with Crippen molar-refractivity contribution in [2.75, 3.05) is 7.11 Å². The Morgan fingerprint density at radius 3 is 3.25 bits per heavy atom. The monoisotopic (exact) mass is 236 g/mol. The number of carbonyl (C=O) groups is 1. The van der Waals surface area contributed by atoms with E-state index >= 15 is 0 Å². The lowest BCUT2D eigenvalue weighted by atomic mass is 10.1. The van der Waals surface area contributed by atoms with E-state index in [-0.39, 0.29) is 11.4 Å². The minimum Gasteiger partial charge on any atom is -0.468 e. The van der Waals surface area contributed by atoms with Crippen molar-refractivity contribution in [3.63, 3.8) is 0 Å². The summed E-state index contributed by atoms with van der Waals surface area (Å²) in [5.74, 6) is -1.22. The van der Waals surface area contributed by atoms with Crippen molar-refractivity contribution in [3.8, 4) is 6.07 Å². The van der Waals surface area contributed by atoms with E-state index in [0.717, 1.165) is 6.42 Å². The third-order valence-electron chi connectivity index (χ3n) is 2.64. The molecule has 2 rings (SSSR count). The van der Waals surface area contributed by atoms with Gasteiger partial charge in [0.1, 0.15) is 0 Å². The highest BCUT2D eigenvalue weighted by Crippen LogP contribution is 2.38. The summed E-state index contributed by atoms with van der Waals surface area (Å²) in [6.07, 6.45) is 7.01. The van der Waals surface area contributed by atoms with Gasteiger partial charge in [-0.15, -0.1) is 11.8 Å². The van der Waals surface area contributed by atoms with Crippen LogP contribution in [-0.4, -0.2) is 24.5 Å². The number of hydrogen-bond acceptors (Lipinski definition) is 5. The summed E-state index contributed by atoms with van der Waals surface area (Å²) in [5.41, 5.74) is 0. The summed E-state index contributed by atoms with van der Waals surface area (Å²) in [5, 5.41) is 12.1. The largest absolute Gasteiger partial charge is 0.468 e. The molecule has 5 heteroatoms. The van der Waals surface area contributed by atoms with Gasteiger partial charge in [-0.3, -0.25) is 10.1 Å². The fourth-order valence-electron chi connectivity index (χ4n) is 1.80. The maximum Gasteiger partial charge on any atom is 0.325 e. The molecule has 1 fully saturated rings. The molecule has 84 valence electrons. The van der Waals surface area contributed by atoms with Crippen LogP contribution in [0.1, 0.15) is 6.42 Å². The molecule has 0 amide bonds. The van der Waals surface area contributed by atoms with Gasteiger partial charge in [-0.2, -0.15) is 5.26 Å². The summed E-state index contributed by atoms with van der Waals surface area (Å²) in [7, 11) is 1.31. The Morgan fingerprint density at radius 2 is 2.62 bits per heavy atom. The van der Waals surface area contributed by atoms with Gasteiger partial charge in [0.2, 0.25) is 0 Å². The number of fused-ring (bicyclic) bond motifs is 1. The molecule has 3 atom stereocenters. The van der Waals surface area contributed by atoms with Crippen molar-refractivity contribution in [1.82, 2.24) is 5.32 Å². The predicted octanol–water partition coefficient (Wildman–Crippen LogP) is 1.17. The molecule has 2 aliphatic rings. The molecule has 1 heterocycles. The highest BCUT2D eigenvalue weighted by atomic mass is 32.2. The minimum absolute atomic E-state index is 0.200. The summed E-state index contributed by atoms with van der Waals surface area (Å²) < 4.78 is 4.62. The molecule has 0 radical (unpaired) electrons. The molecule has 1 N–H and O–H groups in total. The summed E-state index contributed by atoms with van der Waals surface area (Å²) in [6, 6.07) is 2.25. The van der Waals surface area contributed by atoms with E-state index in [1.54, 1.807) is 11.8 Å². The number of nitrogens with one attached hydrogen (secondary N) is 1. The van der Waals surface area contributed by atoms with Crippen LogP contribution in [0.4, 0.5) is 0 Å². The Morgan fingerprint density at radius 1 is 1.81 bits per heavy atom. The number of ether oxygens (including phenoxy) is 1. The van der Waals surface area contributed by atoms with Crippen molar-refractivity contribution in [3.05, 3.63) is 23.1 Å². The van der Waals surface area contributed by atoms with Gasteiger partial charge in [-0.05, 0) is 6.42 Å². The van der Waals surface area contributed by atoms with Crippen LogP contribution in [0.5, 0.6) is 0 Å². The molecule has 0 aromatic rings. The number of thioether (sulfide) groups is 1. The number of nitriles is 1. The molecule has 1 saturated heterocycles. The van der Waals surface area contributed by atoms with Crippen molar-refractivity contribution in [2.45, 2.75) is 17.8 Å². The van der Waals surface area contributed by atoms with Crippen molar-refractivity contribution in [2.24, 2.45) is 5.92 Å².